The largest absolute Gasteiger partial charge is 0.343 e. The number of likely N-dealkylation sites (tertiary alicyclic amines) is 1. The molecule has 1 aliphatic carbocycles. The first-order valence-electron chi connectivity index (χ1n) is 8.19. The molecule has 19 heavy (non-hydrogen) atoms. The molecule has 3 nitrogen and oxygen atoms in total. The Labute approximate surface area is 117 Å². The molecule has 1 heterocycles. The molecule has 0 spiro atoms. The fourth-order valence-corrected chi connectivity index (χ4v) is 3.67. The lowest BCUT2D eigenvalue weighted by Gasteiger charge is -2.34. The van der Waals surface area contributed by atoms with Crippen LogP contribution in [0.25, 0.3) is 0 Å². The maximum absolute atomic E-state index is 12.5. The summed E-state index contributed by atoms with van der Waals surface area (Å²) in [6, 6.07) is 0. The van der Waals surface area contributed by atoms with Crippen LogP contribution in [-0.4, -0.2) is 29.4 Å². The minimum Gasteiger partial charge on any atom is -0.343 e. The molecule has 1 saturated carbocycles. The van der Waals surface area contributed by atoms with E-state index in [0.29, 0.717) is 12.3 Å². The van der Waals surface area contributed by atoms with Gasteiger partial charge in [0.1, 0.15) is 0 Å². The van der Waals surface area contributed by atoms with Gasteiger partial charge in [0.2, 0.25) is 5.91 Å². The van der Waals surface area contributed by atoms with Crippen LogP contribution in [-0.2, 0) is 4.79 Å². The normalized spacial score (nSPS) is 27.9. The van der Waals surface area contributed by atoms with Gasteiger partial charge in [0.15, 0.2) is 0 Å². The van der Waals surface area contributed by atoms with Gasteiger partial charge in [-0.15, -0.1) is 0 Å². The van der Waals surface area contributed by atoms with Crippen molar-refractivity contribution >= 4 is 5.91 Å². The molecule has 0 bridgehead atoms. The number of hydrogen-bond acceptors (Lipinski definition) is 2. The van der Waals surface area contributed by atoms with Crippen LogP contribution in [0.2, 0.25) is 0 Å². The molecule has 0 aromatic carbocycles. The molecule has 1 atom stereocenters. The van der Waals surface area contributed by atoms with Gasteiger partial charge in [-0.2, -0.15) is 0 Å². The predicted molar refractivity (Wildman–Crippen MR) is 78.8 cm³/mol. The van der Waals surface area contributed by atoms with E-state index in [0.717, 1.165) is 31.8 Å². The molecule has 1 unspecified atom stereocenters. The van der Waals surface area contributed by atoms with E-state index < -0.39 is 0 Å². The van der Waals surface area contributed by atoms with Gasteiger partial charge < -0.3 is 10.6 Å². The Bertz CT molecular complexity index is 297. The summed E-state index contributed by atoms with van der Waals surface area (Å²) in [5, 5.41) is 0. The molecule has 2 rings (SSSR count). The van der Waals surface area contributed by atoms with E-state index in [1.807, 2.05) is 0 Å². The van der Waals surface area contributed by atoms with E-state index in [2.05, 4.69) is 11.8 Å². The molecule has 2 aliphatic rings. The second-order valence-corrected chi connectivity index (χ2v) is 6.69. The molecule has 110 valence electrons. The van der Waals surface area contributed by atoms with Crippen molar-refractivity contribution in [3.05, 3.63) is 0 Å². The Morgan fingerprint density at radius 3 is 2.58 bits per heavy atom. The first-order chi connectivity index (χ1) is 9.13. The molecule has 0 aromatic rings. The quantitative estimate of drug-likeness (QED) is 0.853. The SMILES string of the molecule is CCC1CCCN(C(=O)CC2(N)CCCCC2)CC1. The van der Waals surface area contributed by atoms with Crippen molar-refractivity contribution in [2.75, 3.05) is 13.1 Å². The second kappa shape index (κ2) is 6.74. The van der Waals surface area contributed by atoms with Gasteiger partial charge in [0.05, 0.1) is 0 Å². The van der Waals surface area contributed by atoms with Crippen molar-refractivity contribution in [3.63, 3.8) is 0 Å². The molecule has 2 N–H and O–H groups in total. The highest BCUT2D eigenvalue weighted by Gasteiger charge is 2.32. The fourth-order valence-electron chi connectivity index (χ4n) is 3.67. The Balaban J connectivity index is 1.85. The molecule has 1 aliphatic heterocycles. The van der Waals surface area contributed by atoms with Gasteiger partial charge in [-0.25, -0.2) is 0 Å². The number of nitrogens with zero attached hydrogens (tertiary/aromatic N) is 1. The Morgan fingerprint density at radius 2 is 1.89 bits per heavy atom. The monoisotopic (exact) mass is 266 g/mol. The van der Waals surface area contributed by atoms with Gasteiger partial charge in [-0.05, 0) is 38.0 Å². The first kappa shape index (κ1) is 14.8. The molecule has 0 aromatic heterocycles. The zero-order chi connectivity index (χ0) is 13.7. The van der Waals surface area contributed by atoms with E-state index in [4.69, 9.17) is 5.73 Å². The summed E-state index contributed by atoms with van der Waals surface area (Å²) >= 11 is 0. The van der Waals surface area contributed by atoms with E-state index in [9.17, 15) is 4.79 Å². The Morgan fingerprint density at radius 1 is 1.16 bits per heavy atom. The summed E-state index contributed by atoms with van der Waals surface area (Å²) in [5.41, 5.74) is 6.21. The third-order valence-electron chi connectivity index (χ3n) is 5.13. The van der Waals surface area contributed by atoms with Crippen LogP contribution in [0, 0.1) is 5.92 Å². The third-order valence-corrected chi connectivity index (χ3v) is 5.13. The highest BCUT2D eigenvalue weighted by molar-refractivity contribution is 5.77. The maximum atomic E-state index is 12.5. The standard InChI is InChI=1S/C16H30N2O/c1-2-14-7-6-11-18(12-8-14)15(19)13-16(17)9-4-3-5-10-16/h14H,2-13,17H2,1H3. The predicted octanol–water partition coefficient (Wildman–Crippen LogP) is 3.08. The van der Waals surface area contributed by atoms with Crippen LogP contribution in [0.3, 0.4) is 0 Å². The van der Waals surface area contributed by atoms with Gasteiger partial charge >= 0.3 is 0 Å². The third kappa shape index (κ3) is 4.20. The van der Waals surface area contributed by atoms with Crippen LogP contribution in [0.1, 0.15) is 71.1 Å². The maximum Gasteiger partial charge on any atom is 0.224 e. The zero-order valence-corrected chi connectivity index (χ0v) is 12.5. The summed E-state index contributed by atoms with van der Waals surface area (Å²) in [6.45, 7) is 4.16. The van der Waals surface area contributed by atoms with Crippen molar-refractivity contribution in [2.24, 2.45) is 11.7 Å². The number of amides is 1. The lowest BCUT2D eigenvalue weighted by atomic mass is 9.80. The number of rotatable bonds is 3. The second-order valence-electron chi connectivity index (χ2n) is 6.69. The smallest absolute Gasteiger partial charge is 0.224 e. The van der Waals surface area contributed by atoms with Crippen LogP contribution >= 0.6 is 0 Å². The minimum atomic E-state index is -0.203. The average Bonchev–Trinajstić information content (AvgIpc) is 2.64. The average molecular weight is 266 g/mol. The van der Waals surface area contributed by atoms with Crippen LogP contribution < -0.4 is 5.73 Å². The summed E-state index contributed by atoms with van der Waals surface area (Å²) < 4.78 is 0. The number of hydrogen-bond donors (Lipinski definition) is 1. The molecular weight excluding hydrogens is 236 g/mol. The number of nitrogens with two attached hydrogens (primary N) is 1. The first-order valence-corrected chi connectivity index (χ1v) is 8.19. The number of carbonyl (C=O) groups excluding carboxylic acids is 1. The summed E-state index contributed by atoms with van der Waals surface area (Å²) in [6.07, 6.45) is 11.2. The van der Waals surface area contributed by atoms with E-state index in [-0.39, 0.29) is 5.54 Å². The Hall–Kier alpha value is -0.570. The zero-order valence-electron chi connectivity index (χ0n) is 12.5. The van der Waals surface area contributed by atoms with Gasteiger partial charge in [-0.1, -0.05) is 32.6 Å². The molecule has 1 saturated heterocycles. The molecule has 2 fully saturated rings. The van der Waals surface area contributed by atoms with E-state index in [1.165, 1.54) is 44.9 Å². The lowest BCUT2D eigenvalue weighted by molar-refractivity contribution is -0.132. The highest BCUT2D eigenvalue weighted by Crippen LogP contribution is 2.30. The van der Waals surface area contributed by atoms with Gasteiger partial charge in [0, 0.05) is 25.0 Å². The van der Waals surface area contributed by atoms with Crippen molar-refractivity contribution < 1.29 is 4.79 Å². The van der Waals surface area contributed by atoms with Crippen molar-refractivity contribution in [1.82, 2.24) is 4.90 Å². The lowest BCUT2D eigenvalue weighted by Crippen LogP contribution is -2.47. The van der Waals surface area contributed by atoms with E-state index >= 15 is 0 Å². The topological polar surface area (TPSA) is 46.3 Å². The summed E-state index contributed by atoms with van der Waals surface area (Å²) in [5.74, 6) is 1.13. The van der Waals surface area contributed by atoms with Crippen LogP contribution in [0.15, 0.2) is 0 Å². The van der Waals surface area contributed by atoms with Crippen molar-refractivity contribution in [3.8, 4) is 0 Å². The molecule has 0 radical (unpaired) electrons. The van der Waals surface area contributed by atoms with Gasteiger partial charge in [-0.3, -0.25) is 4.79 Å². The molecule has 1 amide bonds. The van der Waals surface area contributed by atoms with Crippen LogP contribution in [0.4, 0.5) is 0 Å². The fraction of sp³-hybridized carbons (Fsp3) is 0.938. The van der Waals surface area contributed by atoms with Crippen molar-refractivity contribution in [2.45, 2.75) is 76.7 Å². The van der Waals surface area contributed by atoms with Gasteiger partial charge in [0.25, 0.3) is 0 Å². The molecular formula is C16H30N2O. The molecule has 3 heteroatoms. The summed E-state index contributed by atoms with van der Waals surface area (Å²) in [7, 11) is 0. The number of carbonyl (C=O) groups is 1. The summed E-state index contributed by atoms with van der Waals surface area (Å²) in [4.78, 5) is 14.5. The van der Waals surface area contributed by atoms with Crippen LogP contribution in [0.5, 0.6) is 0 Å². The van der Waals surface area contributed by atoms with E-state index in [1.54, 1.807) is 0 Å². The minimum absolute atomic E-state index is 0.203. The van der Waals surface area contributed by atoms with Crippen molar-refractivity contribution in [1.29, 1.82) is 0 Å². The highest BCUT2D eigenvalue weighted by atomic mass is 16.2. The Kier molecular flexibility index (Phi) is 5.26.